The normalized spacial score (nSPS) is 20.8. The highest BCUT2D eigenvalue weighted by molar-refractivity contribution is 7.80. The zero-order valence-corrected chi connectivity index (χ0v) is 17.5. The molecule has 4 nitrogen and oxygen atoms in total. The Labute approximate surface area is 169 Å². The molecule has 1 aromatic carbocycles. The zero-order valence-electron chi connectivity index (χ0n) is 15.9. The van der Waals surface area contributed by atoms with E-state index in [4.69, 9.17) is 17.0 Å². The molecule has 6 heteroatoms. The average Bonchev–Trinajstić information content (AvgIpc) is 3.16. The Kier molecular flexibility index (Phi) is 4.95. The number of para-hydroxylation sites is 1. The van der Waals surface area contributed by atoms with E-state index in [0.29, 0.717) is 22.6 Å². The molecular weight excluding hydrogens is 376 g/mol. The number of ether oxygens (including phenoxy) is 1. The highest BCUT2D eigenvalue weighted by Gasteiger charge is 2.32. The minimum Gasteiger partial charge on any atom is -0.465 e. The van der Waals surface area contributed by atoms with Gasteiger partial charge in [0.1, 0.15) is 5.00 Å². The van der Waals surface area contributed by atoms with Crippen LogP contribution in [-0.2, 0) is 24.0 Å². The van der Waals surface area contributed by atoms with Crippen molar-refractivity contribution < 1.29 is 9.53 Å². The fraction of sp³-hybridized carbons (Fsp3) is 0.429. The topological polar surface area (TPSA) is 41.6 Å². The second kappa shape index (κ2) is 7.24. The summed E-state index contributed by atoms with van der Waals surface area (Å²) < 4.78 is 5.08. The number of hydrogen-bond acceptors (Lipinski definition) is 4. The number of nitrogens with one attached hydrogen (secondary N) is 1. The van der Waals surface area contributed by atoms with Crippen LogP contribution in [0.4, 0.5) is 10.7 Å². The van der Waals surface area contributed by atoms with Crippen LogP contribution in [0.5, 0.6) is 0 Å². The van der Waals surface area contributed by atoms with Gasteiger partial charge in [0.25, 0.3) is 0 Å². The van der Waals surface area contributed by atoms with Gasteiger partial charge in [0.2, 0.25) is 0 Å². The van der Waals surface area contributed by atoms with E-state index < -0.39 is 0 Å². The van der Waals surface area contributed by atoms with E-state index in [-0.39, 0.29) is 5.97 Å². The average molecular weight is 401 g/mol. The number of rotatable bonds is 2. The van der Waals surface area contributed by atoms with E-state index >= 15 is 0 Å². The van der Waals surface area contributed by atoms with Crippen LogP contribution >= 0.6 is 23.6 Å². The Morgan fingerprint density at radius 3 is 2.85 bits per heavy atom. The molecule has 2 aliphatic rings. The van der Waals surface area contributed by atoms with Gasteiger partial charge in [-0.15, -0.1) is 11.3 Å². The predicted octanol–water partition coefficient (Wildman–Crippen LogP) is 4.81. The van der Waals surface area contributed by atoms with E-state index in [0.717, 1.165) is 41.9 Å². The summed E-state index contributed by atoms with van der Waals surface area (Å²) in [7, 11) is 1.44. The Balaban J connectivity index is 1.66. The summed E-state index contributed by atoms with van der Waals surface area (Å²) in [4.78, 5) is 15.9. The van der Waals surface area contributed by atoms with Crippen LogP contribution in [0.2, 0.25) is 0 Å². The van der Waals surface area contributed by atoms with Crippen molar-refractivity contribution in [1.82, 2.24) is 0 Å². The molecule has 0 fully saturated rings. The van der Waals surface area contributed by atoms with Gasteiger partial charge in [-0.25, -0.2) is 4.79 Å². The third kappa shape index (κ3) is 3.25. The molecule has 2 aromatic rings. The predicted molar refractivity (Wildman–Crippen MR) is 115 cm³/mol. The molecule has 0 spiro atoms. The van der Waals surface area contributed by atoms with Crippen molar-refractivity contribution in [3.05, 3.63) is 45.8 Å². The maximum absolute atomic E-state index is 12.5. The summed E-state index contributed by atoms with van der Waals surface area (Å²) in [5.74, 6) is 0.370. The molecule has 2 heterocycles. The third-order valence-corrected chi connectivity index (χ3v) is 7.02. The molecule has 0 saturated heterocycles. The highest BCUT2D eigenvalue weighted by Crippen LogP contribution is 2.41. The Hall–Kier alpha value is -1.92. The highest BCUT2D eigenvalue weighted by atomic mass is 32.1. The van der Waals surface area contributed by atoms with Crippen LogP contribution < -0.4 is 10.2 Å². The quantitative estimate of drug-likeness (QED) is 0.579. The first kappa shape index (κ1) is 18.4. The first-order valence-corrected chi connectivity index (χ1v) is 10.6. The zero-order chi connectivity index (χ0) is 19.1. The van der Waals surface area contributed by atoms with Crippen molar-refractivity contribution in [1.29, 1.82) is 0 Å². The number of methoxy groups -OCH3 is 1. The van der Waals surface area contributed by atoms with Gasteiger partial charge in [-0.2, -0.15) is 0 Å². The van der Waals surface area contributed by atoms with Gasteiger partial charge < -0.3 is 15.0 Å². The van der Waals surface area contributed by atoms with Gasteiger partial charge in [0.05, 0.1) is 12.7 Å². The van der Waals surface area contributed by atoms with Gasteiger partial charge in [0, 0.05) is 16.6 Å². The van der Waals surface area contributed by atoms with Gasteiger partial charge in [-0.3, -0.25) is 0 Å². The molecule has 0 saturated carbocycles. The van der Waals surface area contributed by atoms with Crippen LogP contribution in [0, 0.1) is 5.92 Å². The molecule has 1 aromatic heterocycles. The Morgan fingerprint density at radius 2 is 2.07 bits per heavy atom. The fourth-order valence-electron chi connectivity index (χ4n) is 4.19. The van der Waals surface area contributed by atoms with E-state index in [1.807, 2.05) is 6.07 Å². The van der Waals surface area contributed by atoms with Gasteiger partial charge in [-0.1, -0.05) is 25.1 Å². The number of fused-ring (bicyclic) bond motifs is 2. The van der Waals surface area contributed by atoms with Crippen LogP contribution in [0.15, 0.2) is 24.3 Å². The molecule has 2 unspecified atom stereocenters. The summed E-state index contributed by atoms with van der Waals surface area (Å²) in [5.41, 5.74) is 4.27. The molecule has 1 aliphatic heterocycles. The summed E-state index contributed by atoms with van der Waals surface area (Å²) in [6.07, 6.45) is 4.02. The number of hydrogen-bond donors (Lipinski definition) is 1. The van der Waals surface area contributed by atoms with Crippen molar-refractivity contribution >= 4 is 45.3 Å². The molecule has 142 valence electrons. The van der Waals surface area contributed by atoms with Crippen molar-refractivity contribution in [3.8, 4) is 0 Å². The minimum absolute atomic E-state index is 0.276. The number of carbonyl (C=O) groups is 1. The van der Waals surface area contributed by atoms with Crippen LogP contribution in [0.1, 0.15) is 46.6 Å². The van der Waals surface area contributed by atoms with Crippen molar-refractivity contribution in [3.63, 3.8) is 0 Å². The van der Waals surface area contributed by atoms with E-state index in [1.165, 1.54) is 17.6 Å². The molecule has 0 radical (unpaired) electrons. The third-order valence-electron chi connectivity index (χ3n) is 5.55. The number of anilines is 2. The molecule has 0 amide bonds. The largest absolute Gasteiger partial charge is 0.465 e. The smallest absolute Gasteiger partial charge is 0.341 e. The lowest BCUT2D eigenvalue weighted by molar-refractivity contribution is 0.0601. The first-order valence-electron chi connectivity index (χ1n) is 9.40. The van der Waals surface area contributed by atoms with Gasteiger partial charge >= 0.3 is 5.97 Å². The monoisotopic (exact) mass is 400 g/mol. The lowest BCUT2D eigenvalue weighted by Gasteiger charge is -2.26. The standard InChI is InChI=1S/C21H24N2O2S2/c1-12-8-9-15-17(10-12)27-19(18(15)20(24)25-3)22-21(26)23-13(2)11-14-6-4-5-7-16(14)23/h4-7,12-13H,8-11H2,1-3H3,(H,22,26). The first-order chi connectivity index (χ1) is 13.0. The van der Waals surface area contributed by atoms with Crippen molar-refractivity contribution in [2.75, 3.05) is 17.3 Å². The number of thiophene rings is 1. The van der Waals surface area contributed by atoms with Gasteiger partial charge in [0.15, 0.2) is 5.11 Å². The second-order valence-electron chi connectivity index (χ2n) is 7.53. The molecule has 27 heavy (non-hydrogen) atoms. The Bertz CT molecular complexity index is 906. The lowest BCUT2D eigenvalue weighted by atomic mass is 9.88. The summed E-state index contributed by atoms with van der Waals surface area (Å²) in [6, 6.07) is 8.65. The SMILES string of the molecule is COC(=O)c1c(NC(=S)N2c3ccccc3CC2C)sc2c1CCC(C)C2. The second-order valence-corrected chi connectivity index (χ2v) is 9.02. The van der Waals surface area contributed by atoms with Crippen molar-refractivity contribution in [2.24, 2.45) is 5.92 Å². The molecule has 1 N–H and O–H groups in total. The molecule has 0 bridgehead atoms. The fourth-order valence-corrected chi connectivity index (χ4v) is 6.03. The van der Waals surface area contributed by atoms with Crippen LogP contribution in [0.3, 0.4) is 0 Å². The summed E-state index contributed by atoms with van der Waals surface area (Å²) in [5, 5.41) is 4.85. The Morgan fingerprint density at radius 1 is 1.30 bits per heavy atom. The summed E-state index contributed by atoms with van der Waals surface area (Å²) >= 11 is 7.42. The van der Waals surface area contributed by atoms with Crippen molar-refractivity contribution in [2.45, 2.75) is 45.6 Å². The maximum atomic E-state index is 12.5. The van der Waals surface area contributed by atoms with Gasteiger partial charge in [-0.05, 0) is 67.9 Å². The van der Waals surface area contributed by atoms with E-state index in [2.05, 4.69) is 42.3 Å². The number of nitrogens with zero attached hydrogens (tertiary/aromatic N) is 1. The molecule has 1 aliphatic carbocycles. The minimum atomic E-state index is -0.276. The molecule has 4 rings (SSSR count). The van der Waals surface area contributed by atoms with E-state index in [9.17, 15) is 4.79 Å². The number of carbonyl (C=O) groups excluding carboxylic acids is 1. The van der Waals surface area contributed by atoms with Crippen LogP contribution in [-0.4, -0.2) is 24.2 Å². The number of esters is 1. The molecule has 2 atom stereocenters. The summed E-state index contributed by atoms with van der Waals surface area (Å²) in [6.45, 7) is 4.44. The van der Waals surface area contributed by atoms with Crippen LogP contribution in [0.25, 0.3) is 0 Å². The number of thiocarbonyl (C=S) groups is 1. The maximum Gasteiger partial charge on any atom is 0.341 e. The molecular formula is C21H24N2O2S2. The lowest BCUT2D eigenvalue weighted by Crippen LogP contribution is -2.38. The number of benzene rings is 1. The van der Waals surface area contributed by atoms with E-state index in [1.54, 1.807) is 11.3 Å².